The van der Waals surface area contributed by atoms with E-state index in [0.29, 0.717) is 28.2 Å². The number of benzene rings is 2. The highest BCUT2D eigenvalue weighted by molar-refractivity contribution is 6.31. The number of hydrogen-bond acceptors (Lipinski definition) is 4. The molecule has 3 aromatic rings. The molecule has 132 valence electrons. The lowest BCUT2D eigenvalue weighted by molar-refractivity contribution is 0.0938. The first kappa shape index (κ1) is 16.7. The third-order valence-corrected chi connectivity index (χ3v) is 4.58. The zero-order valence-corrected chi connectivity index (χ0v) is 14.8. The number of amides is 1. The molecule has 0 radical (unpaired) electrons. The Labute approximate surface area is 154 Å². The summed E-state index contributed by atoms with van der Waals surface area (Å²) in [5.74, 6) is 0.406. The van der Waals surface area contributed by atoms with Crippen molar-refractivity contribution in [2.45, 2.75) is 19.4 Å². The molecule has 0 bridgehead atoms. The predicted octanol–water partition coefficient (Wildman–Crippen LogP) is 4.07. The molecule has 0 saturated carbocycles. The smallest absolute Gasteiger partial charge is 0.288 e. The molecule has 1 N–H and O–H groups in total. The van der Waals surface area contributed by atoms with Crippen LogP contribution in [0.5, 0.6) is 5.75 Å². The summed E-state index contributed by atoms with van der Waals surface area (Å²) in [6.07, 6.45) is 0.921. The summed E-state index contributed by atoms with van der Waals surface area (Å²) in [6.45, 7) is 2.67. The van der Waals surface area contributed by atoms with Crippen molar-refractivity contribution >= 4 is 28.5 Å². The van der Waals surface area contributed by atoms with Crippen molar-refractivity contribution in [3.05, 3.63) is 74.6 Å². The third-order valence-electron chi connectivity index (χ3n) is 4.34. The first-order valence-corrected chi connectivity index (χ1v) is 8.76. The number of hydrogen-bond donors (Lipinski definition) is 1. The van der Waals surface area contributed by atoms with Gasteiger partial charge in [0.05, 0.1) is 23.6 Å². The number of ether oxygens (including phenoxy) is 1. The minimum atomic E-state index is -0.558. The average Bonchev–Trinajstić information content (AvgIpc) is 2.98. The van der Waals surface area contributed by atoms with Crippen LogP contribution >= 0.6 is 11.6 Å². The number of fused-ring (bicyclic) bond motifs is 2. The van der Waals surface area contributed by atoms with Crippen molar-refractivity contribution in [2.24, 2.45) is 0 Å². The second-order valence-corrected chi connectivity index (χ2v) is 6.57. The standard InChI is InChI=1S/C20H16ClNO4/c1-2-9-25-13-6-3-11(4-7-13)17-16-18(23)14-10-12(21)5-8-15(14)26-19(16)20(24)22-17/h3-8,10,17H,2,9H2,1H3,(H,22,24). The molecule has 1 atom stereocenters. The van der Waals surface area contributed by atoms with Crippen LogP contribution in [-0.4, -0.2) is 12.5 Å². The van der Waals surface area contributed by atoms with Crippen LogP contribution in [0.15, 0.2) is 51.7 Å². The molecule has 0 saturated heterocycles. The molecular formula is C20H16ClNO4. The summed E-state index contributed by atoms with van der Waals surface area (Å²) in [7, 11) is 0. The summed E-state index contributed by atoms with van der Waals surface area (Å²) in [6, 6.07) is 11.6. The van der Waals surface area contributed by atoms with Crippen LogP contribution in [0.2, 0.25) is 5.02 Å². The van der Waals surface area contributed by atoms with Gasteiger partial charge in [0.15, 0.2) is 5.43 Å². The maximum Gasteiger partial charge on any atom is 0.288 e. The van der Waals surface area contributed by atoms with Crippen LogP contribution in [0.4, 0.5) is 0 Å². The summed E-state index contributed by atoms with van der Waals surface area (Å²) < 4.78 is 11.3. The number of nitrogens with one attached hydrogen (secondary N) is 1. The third kappa shape index (κ3) is 2.74. The lowest BCUT2D eigenvalue weighted by Gasteiger charge is -2.12. The second-order valence-electron chi connectivity index (χ2n) is 6.14. The minimum Gasteiger partial charge on any atom is -0.494 e. The first-order chi connectivity index (χ1) is 12.6. The fourth-order valence-electron chi connectivity index (χ4n) is 3.11. The van der Waals surface area contributed by atoms with Gasteiger partial charge in [-0.05, 0) is 42.3 Å². The minimum absolute atomic E-state index is 0.0566. The van der Waals surface area contributed by atoms with Gasteiger partial charge in [0.25, 0.3) is 5.91 Å². The van der Waals surface area contributed by atoms with Crippen LogP contribution in [-0.2, 0) is 0 Å². The molecule has 5 nitrogen and oxygen atoms in total. The Bertz CT molecular complexity index is 1060. The van der Waals surface area contributed by atoms with Crippen molar-refractivity contribution in [1.29, 1.82) is 0 Å². The quantitative estimate of drug-likeness (QED) is 0.752. The largest absolute Gasteiger partial charge is 0.494 e. The van der Waals surface area contributed by atoms with Gasteiger partial charge < -0.3 is 14.5 Å². The Morgan fingerprint density at radius 3 is 2.65 bits per heavy atom. The van der Waals surface area contributed by atoms with Crippen molar-refractivity contribution in [1.82, 2.24) is 5.32 Å². The van der Waals surface area contributed by atoms with Crippen LogP contribution in [0.25, 0.3) is 11.0 Å². The number of rotatable bonds is 4. The highest BCUT2D eigenvalue weighted by Gasteiger charge is 2.35. The number of halogens is 1. The lowest BCUT2D eigenvalue weighted by Crippen LogP contribution is -2.21. The Balaban J connectivity index is 1.80. The first-order valence-electron chi connectivity index (χ1n) is 8.38. The molecule has 0 spiro atoms. The van der Waals surface area contributed by atoms with E-state index in [9.17, 15) is 9.59 Å². The molecule has 6 heteroatoms. The van der Waals surface area contributed by atoms with E-state index in [1.807, 2.05) is 31.2 Å². The van der Waals surface area contributed by atoms with Crippen LogP contribution in [0, 0.1) is 0 Å². The van der Waals surface area contributed by atoms with Gasteiger partial charge in [0.2, 0.25) is 5.76 Å². The molecule has 1 aliphatic heterocycles. The fraction of sp³-hybridized carbons (Fsp3) is 0.200. The van der Waals surface area contributed by atoms with Gasteiger partial charge in [-0.3, -0.25) is 9.59 Å². The van der Waals surface area contributed by atoms with Gasteiger partial charge in [-0.25, -0.2) is 0 Å². The Hall–Kier alpha value is -2.79. The maximum atomic E-state index is 13.0. The van der Waals surface area contributed by atoms with Crippen molar-refractivity contribution < 1.29 is 13.9 Å². The topological polar surface area (TPSA) is 68.5 Å². The highest BCUT2D eigenvalue weighted by atomic mass is 35.5. The zero-order chi connectivity index (χ0) is 18.3. The van der Waals surface area contributed by atoms with Gasteiger partial charge in [-0.2, -0.15) is 0 Å². The number of carbonyl (C=O) groups excluding carboxylic acids is 1. The van der Waals surface area contributed by atoms with Crippen LogP contribution in [0.3, 0.4) is 0 Å². The van der Waals surface area contributed by atoms with E-state index in [2.05, 4.69) is 5.32 Å². The maximum absolute atomic E-state index is 13.0. The van der Waals surface area contributed by atoms with E-state index in [4.69, 9.17) is 20.8 Å². The molecule has 0 aliphatic carbocycles. The van der Waals surface area contributed by atoms with Crippen LogP contribution < -0.4 is 15.5 Å². The Morgan fingerprint density at radius 2 is 1.92 bits per heavy atom. The monoisotopic (exact) mass is 369 g/mol. The van der Waals surface area contributed by atoms with Crippen molar-refractivity contribution in [3.63, 3.8) is 0 Å². The molecule has 0 fully saturated rings. The molecular weight excluding hydrogens is 354 g/mol. The van der Waals surface area contributed by atoms with E-state index in [0.717, 1.165) is 17.7 Å². The van der Waals surface area contributed by atoms with Crippen molar-refractivity contribution in [3.8, 4) is 5.75 Å². The molecule has 1 unspecified atom stereocenters. The van der Waals surface area contributed by atoms with Gasteiger partial charge >= 0.3 is 0 Å². The summed E-state index contributed by atoms with van der Waals surface area (Å²) in [4.78, 5) is 25.3. The summed E-state index contributed by atoms with van der Waals surface area (Å²) >= 11 is 6.01. The van der Waals surface area contributed by atoms with E-state index in [1.165, 1.54) is 0 Å². The molecule has 26 heavy (non-hydrogen) atoms. The summed E-state index contributed by atoms with van der Waals surface area (Å²) in [5.41, 5.74) is 1.19. The normalized spacial score (nSPS) is 15.8. The Morgan fingerprint density at radius 1 is 1.15 bits per heavy atom. The predicted molar refractivity (Wildman–Crippen MR) is 99.0 cm³/mol. The summed E-state index contributed by atoms with van der Waals surface area (Å²) in [5, 5.41) is 3.62. The fourth-order valence-corrected chi connectivity index (χ4v) is 3.28. The van der Waals surface area contributed by atoms with Gasteiger partial charge in [0.1, 0.15) is 11.3 Å². The zero-order valence-electron chi connectivity index (χ0n) is 14.0. The molecule has 2 aromatic carbocycles. The molecule has 4 rings (SSSR count). The molecule has 1 aliphatic rings. The molecule has 1 aromatic heterocycles. The average molecular weight is 370 g/mol. The van der Waals surface area contributed by atoms with Gasteiger partial charge in [-0.1, -0.05) is 30.7 Å². The van der Waals surface area contributed by atoms with E-state index < -0.39 is 11.9 Å². The molecule has 1 amide bonds. The highest BCUT2D eigenvalue weighted by Crippen LogP contribution is 2.32. The molecule has 2 heterocycles. The second kappa shape index (κ2) is 6.50. The lowest BCUT2D eigenvalue weighted by atomic mass is 9.99. The van der Waals surface area contributed by atoms with Gasteiger partial charge in [0, 0.05) is 5.02 Å². The van der Waals surface area contributed by atoms with Crippen LogP contribution in [0.1, 0.15) is 41.1 Å². The SMILES string of the molecule is CCCOc1ccc(C2NC(=O)c3oc4ccc(Cl)cc4c(=O)c32)cc1. The van der Waals surface area contributed by atoms with E-state index in [1.54, 1.807) is 18.2 Å². The van der Waals surface area contributed by atoms with E-state index >= 15 is 0 Å². The van der Waals surface area contributed by atoms with Gasteiger partial charge in [-0.15, -0.1) is 0 Å². The Kier molecular flexibility index (Phi) is 4.17. The van der Waals surface area contributed by atoms with E-state index in [-0.39, 0.29) is 11.2 Å². The van der Waals surface area contributed by atoms with Crippen molar-refractivity contribution in [2.75, 3.05) is 6.61 Å². The number of carbonyl (C=O) groups is 1.